The molecule has 0 aliphatic heterocycles. The summed E-state index contributed by atoms with van der Waals surface area (Å²) in [7, 11) is 0. The van der Waals surface area contributed by atoms with E-state index in [2.05, 4.69) is 57.6 Å². The third-order valence-electron chi connectivity index (χ3n) is 3.16. The standard InChI is InChI=1S/C16H19BrN2/c1-12-10-16(14(17)11-15(12)18)19-9-5-8-13-6-3-2-4-7-13/h2-4,6-7,10-11,19H,5,8-9,18H2,1H3. The van der Waals surface area contributed by atoms with Crippen LogP contribution in [-0.2, 0) is 6.42 Å². The molecule has 0 radical (unpaired) electrons. The molecule has 0 spiro atoms. The molecule has 0 aromatic heterocycles. The molecule has 0 fully saturated rings. The summed E-state index contributed by atoms with van der Waals surface area (Å²) in [5, 5.41) is 3.45. The highest BCUT2D eigenvalue weighted by Gasteiger charge is 2.02. The van der Waals surface area contributed by atoms with Crippen molar-refractivity contribution in [3.05, 3.63) is 58.1 Å². The third-order valence-corrected chi connectivity index (χ3v) is 3.81. The summed E-state index contributed by atoms with van der Waals surface area (Å²) >= 11 is 3.54. The lowest BCUT2D eigenvalue weighted by Gasteiger charge is -2.11. The van der Waals surface area contributed by atoms with E-state index in [4.69, 9.17) is 5.73 Å². The first-order chi connectivity index (χ1) is 9.16. The summed E-state index contributed by atoms with van der Waals surface area (Å²) in [6.45, 7) is 2.98. The zero-order valence-corrected chi connectivity index (χ0v) is 12.7. The van der Waals surface area contributed by atoms with E-state index in [-0.39, 0.29) is 0 Å². The minimum atomic E-state index is 0.821. The summed E-state index contributed by atoms with van der Waals surface area (Å²) in [5.74, 6) is 0. The molecule has 2 aromatic rings. The molecule has 0 heterocycles. The molecule has 2 rings (SSSR count). The van der Waals surface area contributed by atoms with Crippen LogP contribution in [0.2, 0.25) is 0 Å². The number of aryl methyl sites for hydroxylation is 2. The number of benzene rings is 2. The maximum Gasteiger partial charge on any atom is 0.0488 e. The van der Waals surface area contributed by atoms with Crippen molar-refractivity contribution in [3.8, 4) is 0 Å². The Balaban J connectivity index is 1.85. The Kier molecular flexibility index (Phi) is 4.86. The van der Waals surface area contributed by atoms with Gasteiger partial charge in [0.15, 0.2) is 0 Å². The predicted molar refractivity (Wildman–Crippen MR) is 86.5 cm³/mol. The van der Waals surface area contributed by atoms with Crippen LogP contribution in [0, 0.1) is 6.92 Å². The highest BCUT2D eigenvalue weighted by molar-refractivity contribution is 9.10. The number of anilines is 2. The molecule has 3 N–H and O–H groups in total. The predicted octanol–water partition coefficient (Wildman–Crippen LogP) is 4.38. The zero-order chi connectivity index (χ0) is 13.7. The Hall–Kier alpha value is -1.48. The molecule has 100 valence electrons. The fourth-order valence-electron chi connectivity index (χ4n) is 1.99. The van der Waals surface area contributed by atoms with Gasteiger partial charge in [-0.3, -0.25) is 0 Å². The number of nitrogens with one attached hydrogen (secondary N) is 1. The summed E-state index contributed by atoms with van der Waals surface area (Å²) < 4.78 is 1.02. The van der Waals surface area contributed by atoms with Crippen LogP contribution in [-0.4, -0.2) is 6.54 Å². The number of nitrogen functional groups attached to an aromatic ring is 1. The van der Waals surface area contributed by atoms with Crippen molar-refractivity contribution in [3.63, 3.8) is 0 Å². The van der Waals surface area contributed by atoms with Crippen LogP contribution >= 0.6 is 15.9 Å². The molecule has 3 heteroatoms. The monoisotopic (exact) mass is 318 g/mol. The lowest BCUT2D eigenvalue weighted by atomic mass is 10.1. The lowest BCUT2D eigenvalue weighted by molar-refractivity contribution is 0.862. The van der Waals surface area contributed by atoms with E-state index in [1.165, 1.54) is 5.56 Å². The number of nitrogens with two attached hydrogens (primary N) is 1. The largest absolute Gasteiger partial charge is 0.398 e. The third kappa shape index (κ3) is 4.00. The second-order valence-electron chi connectivity index (χ2n) is 4.70. The molecule has 0 unspecified atom stereocenters. The van der Waals surface area contributed by atoms with E-state index in [9.17, 15) is 0 Å². The highest BCUT2D eigenvalue weighted by atomic mass is 79.9. The van der Waals surface area contributed by atoms with E-state index < -0.39 is 0 Å². The molecule has 0 saturated carbocycles. The SMILES string of the molecule is Cc1cc(NCCCc2ccccc2)c(Br)cc1N. The molecule has 2 aromatic carbocycles. The van der Waals surface area contributed by atoms with Crippen LogP contribution in [0.15, 0.2) is 46.9 Å². The van der Waals surface area contributed by atoms with Gasteiger partial charge in [0.2, 0.25) is 0 Å². The molecule has 19 heavy (non-hydrogen) atoms. The van der Waals surface area contributed by atoms with Gasteiger partial charge in [-0.1, -0.05) is 30.3 Å². The Morgan fingerprint density at radius 1 is 1.16 bits per heavy atom. The zero-order valence-electron chi connectivity index (χ0n) is 11.1. The fraction of sp³-hybridized carbons (Fsp3) is 0.250. The van der Waals surface area contributed by atoms with Crippen LogP contribution in [0.1, 0.15) is 17.5 Å². The summed E-state index contributed by atoms with van der Waals surface area (Å²) in [5.41, 5.74) is 10.3. The molecular weight excluding hydrogens is 300 g/mol. The Morgan fingerprint density at radius 3 is 2.63 bits per heavy atom. The van der Waals surface area contributed by atoms with Crippen LogP contribution < -0.4 is 11.1 Å². The number of halogens is 1. The van der Waals surface area contributed by atoms with Crippen molar-refractivity contribution in [2.24, 2.45) is 0 Å². The van der Waals surface area contributed by atoms with Gasteiger partial charge in [0, 0.05) is 22.4 Å². The molecular formula is C16H19BrN2. The topological polar surface area (TPSA) is 38.0 Å². The molecule has 0 amide bonds. The van der Waals surface area contributed by atoms with Gasteiger partial charge in [0.1, 0.15) is 0 Å². The first-order valence-electron chi connectivity index (χ1n) is 6.50. The molecule has 0 aliphatic carbocycles. The van der Waals surface area contributed by atoms with Gasteiger partial charge < -0.3 is 11.1 Å². The van der Waals surface area contributed by atoms with Gasteiger partial charge >= 0.3 is 0 Å². The van der Waals surface area contributed by atoms with Crippen molar-refractivity contribution in [2.45, 2.75) is 19.8 Å². The number of hydrogen-bond acceptors (Lipinski definition) is 2. The Bertz CT molecular complexity index is 538. The van der Waals surface area contributed by atoms with E-state index >= 15 is 0 Å². The summed E-state index contributed by atoms with van der Waals surface area (Å²) in [6.07, 6.45) is 2.21. The van der Waals surface area contributed by atoms with E-state index in [1.54, 1.807) is 0 Å². The maximum atomic E-state index is 5.86. The summed E-state index contributed by atoms with van der Waals surface area (Å²) in [4.78, 5) is 0. The molecule has 2 nitrogen and oxygen atoms in total. The molecule has 0 aliphatic rings. The molecule has 0 atom stereocenters. The normalized spacial score (nSPS) is 10.4. The van der Waals surface area contributed by atoms with Crippen molar-refractivity contribution in [1.29, 1.82) is 0 Å². The molecule has 0 bridgehead atoms. The number of rotatable bonds is 5. The maximum absolute atomic E-state index is 5.86. The Labute approximate surface area is 123 Å². The fourth-order valence-corrected chi connectivity index (χ4v) is 2.49. The van der Waals surface area contributed by atoms with Crippen molar-refractivity contribution in [1.82, 2.24) is 0 Å². The smallest absolute Gasteiger partial charge is 0.0488 e. The summed E-state index contributed by atoms with van der Waals surface area (Å²) in [6, 6.07) is 14.6. The lowest BCUT2D eigenvalue weighted by Crippen LogP contribution is -2.04. The van der Waals surface area contributed by atoms with E-state index in [0.717, 1.165) is 40.8 Å². The second-order valence-corrected chi connectivity index (χ2v) is 5.56. The van der Waals surface area contributed by atoms with E-state index in [0.29, 0.717) is 0 Å². The molecule has 0 saturated heterocycles. The van der Waals surface area contributed by atoms with Gasteiger partial charge in [0.05, 0.1) is 0 Å². The van der Waals surface area contributed by atoms with Gasteiger partial charge in [0.25, 0.3) is 0 Å². The van der Waals surface area contributed by atoms with Crippen LogP contribution in [0.5, 0.6) is 0 Å². The highest BCUT2D eigenvalue weighted by Crippen LogP contribution is 2.27. The van der Waals surface area contributed by atoms with Crippen molar-refractivity contribution < 1.29 is 0 Å². The van der Waals surface area contributed by atoms with Gasteiger partial charge in [-0.15, -0.1) is 0 Å². The van der Waals surface area contributed by atoms with Gasteiger partial charge in [-0.25, -0.2) is 0 Å². The van der Waals surface area contributed by atoms with Gasteiger partial charge in [-0.2, -0.15) is 0 Å². The first-order valence-corrected chi connectivity index (χ1v) is 7.29. The quantitative estimate of drug-likeness (QED) is 0.634. The van der Waals surface area contributed by atoms with Crippen LogP contribution in [0.4, 0.5) is 11.4 Å². The first kappa shape index (κ1) is 13.9. The average molecular weight is 319 g/mol. The van der Waals surface area contributed by atoms with Crippen molar-refractivity contribution >= 4 is 27.3 Å². The van der Waals surface area contributed by atoms with Crippen LogP contribution in [0.25, 0.3) is 0 Å². The van der Waals surface area contributed by atoms with E-state index in [1.807, 2.05) is 13.0 Å². The van der Waals surface area contributed by atoms with Gasteiger partial charge in [-0.05, 0) is 59.0 Å². The number of hydrogen-bond donors (Lipinski definition) is 2. The Morgan fingerprint density at radius 2 is 1.89 bits per heavy atom. The minimum Gasteiger partial charge on any atom is -0.398 e. The minimum absolute atomic E-state index is 0.821. The van der Waals surface area contributed by atoms with Crippen molar-refractivity contribution in [2.75, 3.05) is 17.6 Å². The average Bonchev–Trinajstić information content (AvgIpc) is 2.41. The van der Waals surface area contributed by atoms with Crippen LogP contribution in [0.3, 0.4) is 0 Å². The second kappa shape index (κ2) is 6.62.